The lowest BCUT2D eigenvalue weighted by Gasteiger charge is -2.11. The number of thiophene rings is 1. The van der Waals surface area contributed by atoms with Gasteiger partial charge in [-0.2, -0.15) is 0 Å². The van der Waals surface area contributed by atoms with E-state index in [0.29, 0.717) is 33.3 Å². The van der Waals surface area contributed by atoms with Crippen LogP contribution in [0.25, 0.3) is 21.5 Å². The quantitative estimate of drug-likeness (QED) is 0.392. The lowest BCUT2D eigenvalue weighted by Crippen LogP contribution is -2.16. The fraction of sp³-hybridized carbons (Fsp3) is 0.0952. The topological polar surface area (TPSA) is 73.3 Å². The second kappa shape index (κ2) is 8.23. The van der Waals surface area contributed by atoms with Crippen molar-refractivity contribution >= 4 is 39.2 Å². The average molecular weight is 445 g/mol. The first-order valence-corrected chi connectivity index (χ1v) is 9.77. The highest BCUT2D eigenvalue weighted by molar-refractivity contribution is 7.16. The van der Waals surface area contributed by atoms with Gasteiger partial charge in [-0.25, -0.2) is 14.8 Å². The molecule has 0 unspecified atom stereocenters. The summed E-state index contributed by atoms with van der Waals surface area (Å²) >= 11 is 1.42. The summed E-state index contributed by atoms with van der Waals surface area (Å²) in [4.78, 5) is 21.3. The Morgan fingerprint density at radius 1 is 1.00 bits per heavy atom. The van der Waals surface area contributed by atoms with Crippen molar-refractivity contribution in [3.05, 3.63) is 65.5 Å². The third-order valence-electron chi connectivity index (χ3n) is 4.25. The van der Waals surface area contributed by atoms with E-state index in [1.54, 1.807) is 24.3 Å². The molecule has 0 fully saturated rings. The number of nitrogens with one attached hydrogen (secondary N) is 1. The maximum atomic E-state index is 12.4. The smallest absolute Gasteiger partial charge is 0.465 e. The number of anilines is 2. The molecule has 6 nitrogen and oxygen atoms in total. The Hall–Kier alpha value is -3.66. The van der Waals surface area contributed by atoms with Crippen molar-refractivity contribution < 1.29 is 27.4 Å². The summed E-state index contributed by atoms with van der Waals surface area (Å²) in [6, 6.07) is 13.9. The molecule has 0 radical (unpaired) electrons. The monoisotopic (exact) mass is 445 g/mol. The molecule has 0 aliphatic rings. The highest BCUT2D eigenvalue weighted by Crippen LogP contribution is 2.33. The molecule has 0 saturated carbocycles. The van der Waals surface area contributed by atoms with E-state index in [-0.39, 0.29) is 5.75 Å². The molecule has 2 heterocycles. The standard InChI is InChI=1S/C21H14F3N3O3S/c1-29-19(28)13-2-6-14(7-3-13)25-20-26-17(16-10-11-31-18(16)27-20)12-4-8-15(9-5-12)30-21(22,23)24/h2-11H,1H3,(H,25,26,27). The van der Waals surface area contributed by atoms with Crippen molar-refractivity contribution in [2.45, 2.75) is 6.36 Å². The Kier molecular flexibility index (Phi) is 5.47. The zero-order valence-corrected chi connectivity index (χ0v) is 16.8. The number of fused-ring (bicyclic) bond motifs is 1. The number of carbonyl (C=O) groups is 1. The molecule has 2 aromatic heterocycles. The van der Waals surface area contributed by atoms with E-state index in [4.69, 9.17) is 0 Å². The molecular weight excluding hydrogens is 431 g/mol. The first kappa shape index (κ1) is 20.6. The number of alkyl halides is 3. The molecule has 0 spiro atoms. The average Bonchev–Trinajstić information content (AvgIpc) is 3.21. The van der Waals surface area contributed by atoms with E-state index in [2.05, 4.69) is 24.8 Å². The van der Waals surface area contributed by atoms with Crippen molar-refractivity contribution in [1.82, 2.24) is 9.97 Å². The Morgan fingerprint density at radius 3 is 2.35 bits per heavy atom. The summed E-state index contributed by atoms with van der Waals surface area (Å²) in [6.45, 7) is 0. The van der Waals surface area contributed by atoms with E-state index in [9.17, 15) is 18.0 Å². The molecule has 4 aromatic rings. The maximum Gasteiger partial charge on any atom is 0.573 e. The number of hydrogen-bond acceptors (Lipinski definition) is 7. The third kappa shape index (κ3) is 4.75. The lowest BCUT2D eigenvalue weighted by molar-refractivity contribution is -0.274. The van der Waals surface area contributed by atoms with Gasteiger partial charge in [0.05, 0.1) is 18.4 Å². The van der Waals surface area contributed by atoms with Gasteiger partial charge in [-0.05, 0) is 60.0 Å². The van der Waals surface area contributed by atoms with Gasteiger partial charge in [-0.15, -0.1) is 24.5 Å². The molecule has 10 heteroatoms. The molecule has 2 aromatic carbocycles. The van der Waals surface area contributed by atoms with Gasteiger partial charge in [0.1, 0.15) is 10.6 Å². The van der Waals surface area contributed by atoms with Crippen molar-refractivity contribution in [2.75, 3.05) is 12.4 Å². The SMILES string of the molecule is COC(=O)c1ccc(Nc2nc(-c3ccc(OC(F)(F)F)cc3)c3ccsc3n2)cc1. The van der Waals surface area contributed by atoms with E-state index < -0.39 is 12.3 Å². The van der Waals surface area contributed by atoms with Crippen molar-refractivity contribution in [3.8, 4) is 17.0 Å². The van der Waals surface area contributed by atoms with Crippen molar-refractivity contribution in [3.63, 3.8) is 0 Å². The minimum absolute atomic E-state index is 0.309. The zero-order valence-electron chi connectivity index (χ0n) is 15.9. The summed E-state index contributed by atoms with van der Waals surface area (Å²) < 4.78 is 45.8. The van der Waals surface area contributed by atoms with Gasteiger partial charge in [-0.1, -0.05) is 0 Å². The number of methoxy groups -OCH3 is 1. The fourth-order valence-corrected chi connectivity index (χ4v) is 3.65. The number of halogens is 3. The second-order valence-electron chi connectivity index (χ2n) is 6.30. The molecule has 0 bridgehead atoms. The maximum absolute atomic E-state index is 12.4. The molecule has 4 rings (SSSR count). The summed E-state index contributed by atoms with van der Waals surface area (Å²) in [7, 11) is 1.31. The molecule has 0 amide bonds. The number of ether oxygens (including phenoxy) is 2. The van der Waals surface area contributed by atoms with Gasteiger partial charge in [0.15, 0.2) is 0 Å². The van der Waals surface area contributed by atoms with Crippen LogP contribution in [-0.4, -0.2) is 29.4 Å². The number of carbonyl (C=O) groups excluding carboxylic acids is 1. The zero-order chi connectivity index (χ0) is 22.0. The Bertz CT molecular complexity index is 1220. The number of benzene rings is 2. The first-order chi connectivity index (χ1) is 14.8. The normalized spacial score (nSPS) is 11.4. The number of esters is 1. The van der Waals surface area contributed by atoms with Crippen LogP contribution < -0.4 is 10.1 Å². The van der Waals surface area contributed by atoms with Crippen LogP contribution in [0.2, 0.25) is 0 Å². The summed E-state index contributed by atoms with van der Waals surface area (Å²) in [6.07, 6.45) is -4.75. The largest absolute Gasteiger partial charge is 0.573 e. The van der Waals surface area contributed by atoms with Crippen LogP contribution in [-0.2, 0) is 4.74 Å². The highest BCUT2D eigenvalue weighted by atomic mass is 32.1. The van der Waals surface area contributed by atoms with E-state index in [0.717, 1.165) is 5.39 Å². The van der Waals surface area contributed by atoms with Crippen LogP contribution in [0.5, 0.6) is 5.75 Å². The van der Waals surface area contributed by atoms with Crippen LogP contribution >= 0.6 is 11.3 Å². The summed E-state index contributed by atoms with van der Waals surface area (Å²) in [5.74, 6) is -0.440. The summed E-state index contributed by atoms with van der Waals surface area (Å²) in [5, 5.41) is 5.72. The molecule has 1 N–H and O–H groups in total. The molecule has 158 valence electrons. The molecule has 0 aliphatic carbocycles. The molecular formula is C21H14F3N3O3S. The van der Waals surface area contributed by atoms with Gasteiger partial charge < -0.3 is 14.8 Å². The van der Waals surface area contributed by atoms with E-state index in [1.807, 2.05) is 11.4 Å². The number of nitrogens with zero attached hydrogens (tertiary/aromatic N) is 2. The Labute approximate surface area is 178 Å². The first-order valence-electron chi connectivity index (χ1n) is 8.89. The van der Waals surface area contributed by atoms with Crippen molar-refractivity contribution in [2.24, 2.45) is 0 Å². The minimum atomic E-state index is -4.75. The molecule has 0 atom stereocenters. The van der Waals surface area contributed by atoms with Gasteiger partial charge in [0, 0.05) is 16.6 Å². The Balaban J connectivity index is 1.64. The highest BCUT2D eigenvalue weighted by Gasteiger charge is 2.31. The van der Waals surface area contributed by atoms with Crippen LogP contribution in [0.15, 0.2) is 60.0 Å². The molecule has 0 saturated heterocycles. The minimum Gasteiger partial charge on any atom is -0.465 e. The number of rotatable bonds is 5. The van der Waals surface area contributed by atoms with E-state index in [1.165, 1.54) is 42.7 Å². The Morgan fingerprint density at radius 2 is 1.71 bits per heavy atom. The van der Waals surface area contributed by atoms with Crippen LogP contribution in [0.1, 0.15) is 10.4 Å². The van der Waals surface area contributed by atoms with Crippen LogP contribution in [0.4, 0.5) is 24.8 Å². The van der Waals surface area contributed by atoms with E-state index >= 15 is 0 Å². The number of hydrogen-bond donors (Lipinski definition) is 1. The fourth-order valence-electron chi connectivity index (χ4n) is 2.88. The van der Waals surface area contributed by atoms with Crippen LogP contribution in [0.3, 0.4) is 0 Å². The van der Waals surface area contributed by atoms with Crippen LogP contribution in [0, 0.1) is 0 Å². The molecule has 31 heavy (non-hydrogen) atoms. The second-order valence-corrected chi connectivity index (χ2v) is 7.20. The third-order valence-corrected chi connectivity index (χ3v) is 5.06. The number of aromatic nitrogens is 2. The molecule has 0 aliphatic heterocycles. The lowest BCUT2D eigenvalue weighted by atomic mass is 10.1. The summed E-state index contributed by atoms with van der Waals surface area (Å²) in [5.41, 5.74) is 2.25. The predicted molar refractivity (Wildman–Crippen MR) is 111 cm³/mol. The van der Waals surface area contributed by atoms with Gasteiger partial charge in [0.25, 0.3) is 0 Å². The van der Waals surface area contributed by atoms with Gasteiger partial charge in [-0.3, -0.25) is 0 Å². The predicted octanol–water partition coefficient (Wildman–Crippen LogP) is 5.79. The van der Waals surface area contributed by atoms with Crippen molar-refractivity contribution in [1.29, 1.82) is 0 Å². The van der Waals surface area contributed by atoms with Gasteiger partial charge >= 0.3 is 12.3 Å². The van der Waals surface area contributed by atoms with Gasteiger partial charge in [0.2, 0.25) is 5.95 Å².